The molecule has 0 saturated heterocycles. The average Bonchev–Trinajstić information content (AvgIpc) is 2.36. The van der Waals surface area contributed by atoms with E-state index in [0.29, 0.717) is 16.3 Å². The van der Waals surface area contributed by atoms with E-state index in [2.05, 4.69) is 10.0 Å². The molecule has 1 aromatic rings. The molecule has 0 unspecified atom stereocenters. The molecule has 8 heteroatoms. The number of rotatable bonds is 7. The van der Waals surface area contributed by atoms with Gasteiger partial charge in [0, 0.05) is 17.6 Å². The number of halogens is 1. The van der Waals surface area contributed by atoms with Crippen LogP contribution in [-0.4, -0.2) is 39.8 Å². The summed E-state index contributed by atoms with van der Waals surface area (Å²) < 4.78 is 30.8. The van der Waals surface area contributed by atoms with Crippen LogP contribution in [0.25, 0.3) is 0 Å². The third kappa shape index (κ3) is 5.91. The molecule has 2 N–H and O–H groups in total. The van der Waals surface area contributed by atoms with E-state index in [-0.39, 0.29) is 18.3 Å². The van der Waals surface area contributed by atoms with Crippen LogP contribution < -0.4 is 14.8 Å². The Kier molecular flexibility index (Phi) is 6.44. The Morgan fingerprint density at radius 2 is 2.05 bits per heavy atom. The minimum absolute atomic E-state index is 0.00661. The number of carbonyl (C=O) groups is 1. The molecule has 0 saturated carbocycles. The van der Waals surface area contributed by atoms with Crippen molar-refractivity contribution in [3.63, 3.8) is 0 Å². The number of carbonyl (C=O) groups excluding carboxylic acids is 1. The van der Waals surface area contributed by atoms with Crippen molar-refractivity contribution in [3.8, 4) is 5.75 Å². The van der Waals surface area contributed by atoms with Crippen LogP contribution in [0.15, 0.2) is 18.2 Å². The molecule has 0 aromatic heterocycles. The lowest BCUT2D eigenvalue weighted by molar-refractivity contribution is 0.0953. The van der Waals surface area contributed by atoms with E-state index in [4.69, 9.17) is 16.3 Å². The lowest BCUT2D eigenvalue weighted by Crippen LogP contribution is -2.37. The highest BCUT2D eigenvalue weighted by Gasteiger charge is 2.15. The van der Waals surface area contributed by atoms with Gasteiger partial charge in [-0.25, -0.2) is 13.1 Å². The van der Waals surface area contributed by atoms with Crippen molar-refractivity contribution in [2.45, 2.75) is 19.9 Å². The van der Waals surface area contributed by atoms with Gasteiger partial charge in [0.2, 0.25) is 10.0 Å². The van der Waals surface area contributed by atoms with Gasteiger partial charge in [-0.3, -0.25) is 4.79 Å². The normalized spacial score (nSPS) is 11.5. The van der Waals surface area contributed by atoms with Gasteiger partial charge in [-0.1, -0.05) is 11.6 Å². The Morgan fingerprint density at radius 3 is 2.62 bits per heavy atom. The standard InChI is InChI=1S/C13H19ClN2O4S/c1-9(2)16-21(18,19)7-6-15-13(17)11-5-4-10(14)8-12(11)20-3/h4-5,8-9,16H,6-7H2,1-3H3,(H,15,17). The van der Waals surface area contributed by atoms with E-state index >= 15 is 0 Å². The first-order valence-corrected chi connectivity index (χ1v) is 8.40. The minimum Gasteiger partial charge on any atom is -0.496 e. The number of benzene rings is 1. The van der Waals surface area contributed by atoms with Crippen LogP contribution in [0.3, 0.4) is 0 Å². The van der Waals surface area contributed by atoms with Crippen molar-refractivity contribution in [3.05, 3.63) is 28.8 Å². The first-order chi connectivity index (χ1) is 9.75. The lowest BCUT2D eigenvalue weighted by atomic mass is 10.2. The summed E-state index contributed by atoms with van der Waals surface area (Å²) in [6, 6.07) is 4.43. The number of amides is 1. The molecule has 118 valence electrons. The molecule has 1 amide bonds. The predicted molar refractivity (Wildman–Crippen MR) is 82.4 cm³/mol. The number of nitrogens with one attached hydrogen (secondary N) is 2. The van der Waals surface area contributed by atoms with Gasteiger partial charge in [0.05, 0.1) is 18.4 Å². The van der Waals surface area contributed by atoms with Crippen LogP contribution in [0, 0.1) is 0 Å². The van der Waals surface area contributed by atoms with Crippen molar-refractivity contribution in [2.24, 2.45) is 0 Å². The van der Waals surface area contributed by atoms with Crippen molar-refractivity contribution in [1.29, 1.82) is 0 Å². The van der Waals surface area contributed by atoms with Gasteiger partial charge in [-0.05, 0) is 32.0 Å². The molecular formula is C13H19ClN2O4S. The highest BCUT2D eigenvalue weighted by atomic mass is 35.5. The van der Waals surface area contributed by atoms with Gasteiger partial charge < -0.3 is 10.1 Å². The van der Waals surface area contributed by atoms with Crippen LogP contribution in [0.4, 0.5) is 0 Å². The first kappa shape index (κ1) is 17.7. The zero-order valence-electron chi connectivity index (χ0n) is 12.1. The summed E-state index contributed by atoms with van der Waals surface area (Å²) in [6.07, 6.45) is 0. The molecule has 0 bridgehead atoms. The van der Waals surface area contributed by atoms with E-state index in [1.165, 1.54) is 19.2 Å². The number of sulfonamides is 1. The maximum Gasteiger partial charge on any atom is 0.255 e. The molecule has 0 aliphatic carbocycles. The summed E-state index contributed by atoms with van der Waals surface area (Å²) in [5.41, 5.74) is 0.302. The van der Waals surface area contributed by atoms with Crippen LogP contribution in [0.1, 0.15) is 24.2 Å². The quantitative estimate of drug-likeness (QED) is 0.789. The van der Waals surface area contributed by atoms with Crippen LogP contribution in [0.2, 0.25) is 5.02 Å². The second-order valence-corrected chi connectivity index (χ2v) is 7.00. The average molecular weight is 335 g/mol. The second-order valence-electron chi connectivity index (χ2n) is 4.69. The van der Waals surface area contributed by atoms with Gasteiger partial charge in [-0.15, -0.1) is 0 Å². The van der Waals surface area contributed by atoms with Gasteiger partial charge in [-0.2, -0.15) is 0 Å². The zero-order valence-corrected chi connectivity index (χ0v) is 13.7. The molecule has 1 rings (SSSR count). The first-order valence-electron chi connectivity index (χ1n) is 6.37. The van der Waals surface area contributed by atoms with Crippen LogP contribution in [-0.2, 0) is 10.0 Å². The van der Waals surface area contributed by atoms with E-state index in [0.717, 1.165) is 0 Å². The van der Waals surface area contributed by atoms with Gasteiger partial charge >= 0.3 is 0 Å². The Labute approximate surface area is 129 Å². The molecule has 0 aliphatic heterocycles. The molecule has 0 atom stereocenters. The summed E-state index contributed by atoms with van der Waals surface area (Å²) in [7, 11) is -1.97. The fraction of sp³-hybridized carbons (Fsp3) is 0.462. The van der Waals surface area contributed by atoms with Gasteiger partial charge in [0.25, 0.3) is 5.91 Å². The molecule has 0 spiro atoms. The highest BCUT2D eigenvalue weighted by molar-refractivity contribution is 7.89. The largest absolute Gasteiger partial charge is 0.496 e. The number of ether oxygens (including phenoxy) is 1. The summed E-state index contributed by atoms with van der Waals surface area (Å²) in [4.78, 5) is 12.0. The fourth-order valence-electron chi connectivity index (χ4n) is 1.66. The zero-order chi connectivity index (χ0) is 16.0. The Hall–Kier alpha value is -1.31. The van der Waals surface area contributed by atoms with E-state index in [1.807, 2.05) is 0 Å². The molecule has 1 aromatic carbocycles. The SMILES string of the molecule is COc1cc(Cl)ccc1C(=O)NCCS(=O)(=O)NC(C)C. The third-order valence-corrected chi connectivity index (χ3v) is 4.29. The van der Waals surface area contributed by atoms with Crippen LogP contribution >= 0.6 is 11.6 Å². The summed E-state index contributed by atoms with van der Waals surface area (Å²) in [5.74, 6) is -0.265. The number of methoxy groups -OCH3 is 1. The Bertz CT molecular complexity index is 602. The summed E-state index contributed by atoms with van der Waals surface area (Å²) in [5, 5.41) is 2.99. The molecule has 6 nitrogen and oxygen atoms in total. The van der Waals surface area contributed by atoms with E-state index in [9.17, 15) is 13.2 Å². The molecule has 21 heavy (non-hydrogen) atoms. The monoisotopic (exact) mass is 334 g/mol. The maximum atomic E-state index is 12.0. The Morgan fingerprint density at radius 1 is 1.38 bits per heavy atom. The smallest absolute Gasteiger partial charge is 0.255 e. The number of hydrogen-bond acceptors (Lipinski definition) is 4. The molecule has 0 heterocycles. The topological polar surface area (TPSA) is 84.5 Å². The van der Waals surface area contributed by atoms with E-state index < -0.39 is 15.9 Å². The lowest BCUT2D eigenvalue weighted by Gasteiger charge is -2.11. The van der Waals surface area contributed by atoms with Gasteiger partial charge in [0.15, 0.2) is 0 Å². The molecule has 0 fully saturated rings. The molecule has 0 aliphatic rings. The summed E-state index contributed by atoms with van der Waals surface area (Å²) in [6.45, 7) is 3.47. The maximum absolute atomic E-state index is 12.0. The van der Waals surface area contributed by atoms with Crippen LogP contribution in [0.5, 0.6) is 5.75 Å². The number of hydrogen-bond donors (Lipinski definition) is 2. The highest BCUT2D eigenvalue weighted by Crippen LogP contribution is 2.22. The van der Waals surface area contributed by atoms with Crippen molar-refractivity contribution in [1.82, 2.24) is 10.0 Å². The fourth-order valence-corrected chi connectivity index (χ4v) is 3.03. The van der Waals surface area contributed by atoms with Crippen molar-refractivity contribution < 1.29 is 17.9 Å². The molecular weight excluding hydrogens is 316 g/mol. The second kappa shape index (κ2) is 7.63. The van der Waals surface area contributed by atoms with E-state index in [1.54, 1.807) is 19.9 Å². The van der Waals surface area contributed by atoms with Crippen molar-refractivity contribution >= 4 is 27.5 Å². The van der Waals surface area contributed by atoms with Gasteiger partial charge in [0.1, 0.15) is 5.75 Å². The predicted octanol–water partition coefficient (Wildman–Crippen LogP) is 1.41. The van der Waals surface area contributed by atoms with Crippen molar-refractivity contribution in [2.75, 3.05) is 19.4 Å². The third-order valence-electron chi connectivity index (χ3n) is 2.48. The Balaban J connectivity index is 2.63. The summed E-state index contributed by atoms with van der Waals surface area (Å²) >= 11 is 5.81. The minimum atomic E-state index is -3.40. The molecule has 0 radical (unpaired) electrons.